The maximum Gasteiger partial charge on any atom is 0.289 e. The first kappa shape index (κ1) is 16.1. The smallest absolute Gasteiger partial charge is 0.289 e. The summed E-state index contributed by atoms with van der Waals surface area (Å²) in [5.74, 6) is 1.12. The molecule has 1 unspecified atom stereocenters. The molecule has 0 bridgehead atoms. The zero-order chi connectivity index (χ0) is 17.2. The van der Waals surface area contributed by atoms with Crippen molar-refractivity contribution >= 4 is 5.91 Å². The predicted molar refractivity (Wildman–Crippen MR) is 89.9 cm³/mol. The third kappa shape index (κ3) is 3.54. The van der Waals surface area contributed by atoms with Gasteiger partial charge in [-0.2, -0.15) is 0 Å². The van der Waals surface area contributed by atoms with Crippen molar-refractivity contribution in [3.05, 3.63) is 53.7 Å². The van der Waals surface area contributed by atoms with Crippen LogP contribution in [0.25, 0.3) is 0 Å². The summed E-state index contributed by atoms with van der Waals surface area (Å²) in [6, 6.07) is 9.75. The lowest BCUT2D eigenvalue weighted by molar-refractivity contribution is 0.0538. The molecule has 0 N–H and O–H groups in total. The quantitative estimate of drug-likeness (QED) is 0.856. The molecule has 1 aromatic heterocycles. The summed E-state index contributed by atoms with van der Waals surface area (Å²) in [6.07, 6.45) is 2.39. The van der Waals surface area contributed by atoms with Gasteiger partial charge in [-0.25, -0.2) is 4.39 Å². The largest absolute Gasteiger partial charge is 0.486 e. The highest BCUT2D eigenvalue weighted by molar-refractivity contribution is 5.91. The zero-order valence-corrected chi connectivity index (χ0v) is 14.0. The second-order valence-electron chi connectivity index (χ2n) is 6.59. The number of hydrogen-bond acceptors (Lipinski definition) is 4. The fourth-order valence-corrected chi connectivity index (χ4v) is 3.59. The summed E-state index contributed by atoms with van der Waals surface area (Å²) < 4.78 is 24.1. The third-order valence-electron chi connectivity index (χ3n) is 4.94. The number of ether oxygens (including phenoxy) is 1. The Morgan fingerprint density at radius 3 is 2.84 bits per heavy atom. The minimum Gasteiger partial charge on any atom is -0.486 e. The number of furan rings is 1. The molecule has 0 aliphatic carbocycles. The van der Waals surface area contributed by atoms with Crippen LogP contribution < -0.4 is 4.74 Å². The molecule has 2 saturated heterocycles. The Morgan fingerprint density at radius 2 is 2.00 bits per heavy atom. The van der Waals surface area contributed by atoms with Gasteiger partial charge in [-0.15, -0.1) is 0 Å². The van der Waals surface area contributed by atoms with E-state index in [0.717, 1.165) is 26.2 Å². The van der Waals surface area contributed by atoms with Crippen LogP contribution in [-0.4, -0.2) is 47.9 Å². The van der Waals surface area contributed by atoms with Crippen molar-refractivity contribution in [3.8, 4) is 5.75 Å². The van der Waals surface area contributed by atoms with Crippen molar-refractivity contribution in [1.29, 1.82) is 0 Å². The molecule has 2 fully saturated rings. The molecule has 0 spiro atoms. The normalized spacial score (nSPS) is 20.5. The van der Waals surface area contributed by atoms with Gasteiger partial charge in [0.25, 0.3) is 5.91 Å². The van der Waals surface area contributed by atoms with Gasteiger partial charge in [0.2, 0.25) is 0 Å². The number of fused-ring (bicyclic) bond motifs is 1. The van der Waals surface area contributed by atoms with Gasteiger partial charge in [0.05, 0.1) is 0 Å². The van der Waals surface area contributed by atoms with E-state index >= 15 is 0 Å². The SMILES string of the molecule is O=C(c1ccc(COc2ccc(F)cc2)o1)N1CCN2CCCC2C1. The lowest BCUT2D eigenvalue weighted by Gasteiger charge is -2.37. The van der Waals surface area contributed by atoms with Gasteiger partial charge in [-0.05, 0) is 55.8 Å². The van der Waals surface area contributed by atoms with Gasteiger partial charge < -0.3 is 14.1 Å². The van der Waals surface area contributed by atoms with E-state index in [1.165, 1.54) is 25.0 Å². The molecule has 2 aromatic rings. The van der Waals surface area contributed by atoms with Gasteiger partial charge in [-0.3, -0.25) is 9.69 Å². The maximum atomic E-state index is 12.9. The number of amides is 1. The maximum absolute atomic E-state index is 12.9. The number of benzene rings is 1. The Hall–Kier alpha value is -2.34. The van der Waals surface area contributed by atoms with Crippen molar-refractivity contribution in [1.82, 2.24) is 9.80 Å². The Morgan fingerprint density at radius 1 is 1.16 bits per heavy atom. The molecular weight excluding hydrogens is 323 g/mol. The van der Waals surface area contributed by atoms with Crippen LogP contribution in [0.3, 0.4) is 0 Å². The van der Waals surface area contributed by atoms with Crippen molar-refractivity contribution in [2.45, 2.75) is 25.5 Å². The Bertz CT molecular complexity index is 743. The van der Waals surface area contributed by atoms with E-state index in [0.29, 0.717) is 23.3 Å². The fourth-order valence-electron chi connectivity index (χ4n) is 3.59. The van der Waals surface area contributed by atoms with E-state index in [9.17, 15) is 9.18 Å². The fraction of sp³-hybridized carbons (Fsp3) is 0.421. The summed E-state index contributed by atoms with van der Waals surface area (Å²) >= 11 is 0. The third-order valence-corrected chi connectivity index (χ3v) is 4.94. The molecule has 3 heterocycles. The predicted octanol–water partition coefficient (Wildman–Crippen LogP) is 2.92. The number of halogens is 1. The minimum atomic E-state index is -0.305. The zero-order valence-electron chi connectivity index (χ0n) is 14.0. The van der Waals surface area contributed by atoms with E-state index in [-0.39, 0.29) is 18.3 Å². The summed E-state index contributed by atoms with van der Waals surface area (Å²) in [6.45, 7) is 3.82. The topological polar surface area (TPSA) is 45.9 Å². The van der Waals surface area contributed by atoms with Crippen LogP contribution >= 0.6 is 0 Å². The van der Waals surface area contributed by atoms with Crippen LogP contribution in [0.1, 0.15) is 29.2 Å². The monoisotopic (exact) mass is 344 g/mol. The van der Waals surface area contributed by atoms with Crippen LogP contribution in [-0.2, 0) is 6.61 Å². The molecule has 1 atom stereocenters. The molecule has 2 aliphatic rings. The van der Waals surface area contributed by atoms with Crippen molar-refractivity contribution in [3.63, 3.8) is 0 Å². The lowest BCUT2D eigenvalue weighted by Crippen LogP contribution is -2.51. The number of nitrogens with zero attached hydrogens (tertiary/aromatic N) is 2. The second-order valence-corrected chi connectivity index (χ2v) is 6.59. The number of carbonyl (C=O) groups excluding carboxylic acids is 1. The molecule has 5 nitrogen and oxygen atoms in total. The Labute approximate surface area is 146 Å². The van der Waals surface area contributed by atoms with Gasteiger partial charge in [-0.1, -0.05) is 0 Å². The van der Waals surface area contributed by atoms with Crippen LogP contribution in [0.2, 0.25) is 0 Å². The van der Waals surface area contributed by atoms with Crippen LogP contribution in [0.5, 0.6) is 5.75 Å². The van der Waals surface area contributed by atoms with E-state index in [1.54, 1.807) is 24.3 Å². The number of piperazine rings is 1. The summed E-state index contributed by atoms with van der Waals surface area (Å²) in [4.78, 5) is 17.0. The molecule has 2 aliphatic heterocycles. The molecule has 1 amide bonds. The highest BCUT2D eigenvalue weighted by Gasteiger charge is 2.33. The number of rotatable bonds is 4. The molecule has 25 heavy (non-hydrogen) atoms. The van der Waals surface area contributed by atoms with E-state index in [1.807, 2.05) is 4.90 Å². The van der Waals surface area contributed by atoms with E-state index in [4.69, 9.17) is 9.15 Å². The molecule has 4 rings (SSSR count). The van der Waals surface area contributed by atoms with Gasteiger partial charge in [0.1, 0.15) is 23.9 Å². The first-order valence-electron chi connectivity index (χ1n) is 8.69. The van der Waals surface area contributed by atoms with Crippen molar-refractivity contribution in [2.24, 2.45) is 0 Å². The molecule has 0 saturated carbocycles. The van der Waals surface area contributed by atoms with Gasteiger partial charge >= 0.3 is 0 Å². The molecule has 132 valence electrons. The van der Waals surface area contributed by atoms with E-state index < -0.39 is 0 Å². The average molecular weight is 344 g/mol. The number of hydrogen-bond donors (Lipinski definition) is 0. The summed E-state index contributed by atoms with van der Waals surface area (Å²) in [5.41, 5.74) is 0. The highest BCUT2D eigenvalue weighted by atomic mass is 19.1. The average Bonchev–Trinajstić information content (AvgIpc) is 3.29. The Kier molecular flexibility index (Phi) is 4.44. The van der Waals surface area contributed by atoms with Crippen LogP contribution in [0, 0.1) is 5.82 Å². The van der Waals surface area contributed by atoms with Crippen LogP contribution in [0.15, 0.2) is 40.8 Å². The first-order valence-corrected chi connectivity index (χ1v) is 8.69. The van der Waals surface area contributed by atoms with Crippen molar-refractivity contribution < 1.29 is 18.3 Å². The second kappa shape index (κ2) is 6.88. The Balaban J connectivity index is 1.35. The lowest BCUT2D eigenvalue weighted by atomic mass is 10.1. The van der Waals surface area contributed by atoms with E-state index in [2.05, 4.69) is 4.90 Å². The molecule has 0 radical (unpaired) electrons. The number of carbonyl (C=O) groups is 1. The minimum absolute atomic E-state index is 0.0559. The highest BCUT2D eigenvalue weighted by Crippen LogP contribution is 2.23. The van der Waals surface area contributed by atoms with Gasteiger partial charge in [0, 0.05) is 25.7 Å². The standard InChI is InChI=1S/C19H21FN2O3/c20-14-3-5-16(6-4-14)24-13-17-7-8-18(25-17)19(23)22-11-10-21-9-1-2-15(21)12-22/h3-8,15H,1-2,9-13H2. The molecule has 6 heteroatoms. The van der Waals surface area contributed by atoms with Gasteiger partial charge in [0.15, 0.2) is 5.76 Å². The summed E-state index contributed by atoms with van der Waals surface area (Å²) in [5, 5.41) is 0. The van der Waals surface area contributed by atoms with Crippen LogP contribution in [0.4, 0.5) is 4.39 Å². The molecule has 1 aromatic carbocycles. The molecular formula is C19H21FN2O3. The summed E-state index contributed by atoms with van der Waals surface area (Å²) in [7, 11) is 0. The first-order chi connectivity index (χ1) is 12.2. The van der Waals surface area contributed by atoms with Crippen molar-refractivity contribution in [2.75, 3.05) is 26.2 Å².